The third-order valence-electron chi connectivity index (χ3n) is 5.06. The van der Waals surface area contributed by atoms with Crippen LogP contribution < -0.4 is 0 Å². The molecule has 36 heavy (non-hydrogen) atoms. The first-order valence-electron chi connectivity index (χ1n) is 10.0. The molecule has 4 aromatic rings. The summed E-state index contributed by atoms with van der Waals surface area (Å²) in [7, 11) is 0. The second-order valence-electron chi connectivity index (χ2n) is 7.41. The van der Waals surface area contributed by atoms with Crippen molar-refractivity contribution in [2.75, 3.05) is 6.93 Å². The van der Waals surface area contributed by atoms with Crippen LogP contribution in [0.1, 0.15) is 11.1 Å². The lowest BCUT2D eigenvalue weighted by atomic mass is 9.97. The van der Waals surface area contributed by atoms with E-state index in [1.165, 1.54) is 24.3 Å². The fourth-order valence-corrected chi connectivity index (χ4v) is 3.46. The van der Waals surface area contributed by atoms with Gasteiger partial charge in [-0.2, -0.15) is 0 Å². The van der Waals surface area contributed by atoms with E-state index in [-0.39, 0.29) is 28.7 Å². The van der Waals surface area contributed by atoms with E-state index in [1.807, 2.05) is 0 Å². The summed E-state index contributed by atoms with van der Waals surface area (Å²) in [5, 5.41) is 0. The normalized spacial score (nSPS) is 10.7. The Morgan fingerprint density at radius 2 is 0.722 bits per heavy atom. The predicted molar refractivity (Wildman–Crippen MR) is 113 cm³/mol. The second kappa shape index (κ2) is 11.3. The molecule has 0 saturated carbocycles. The standard InChI is InChI=1S/C25H12F8.CH2F2/c26-18-6-12(1-3-16(18)14-8-20(28)24(32)21(29)9-14)5-13-2-4-17(19(27)7-13)15-10-22(30)25(33)23(31)11-15;2-1-3/h1-4,6-11H,5H2;1H2. The van der Waals surface area contributed by atoms with Crippen LogP contribution in [-0.2, 0) is 6.42 Å². The van der Waals surface area contributed by atoms with Crippen LogP contribution in [0.15, 0.2) is 60.7 Å². The van der Waals surface area contributed by atoms with E-state index < -0.39 is 53.5 Å². The van der Waals surface area contributed by atoms with Gasteiger partial charge in [0.2, 0.25) is 6.93 Å². The zero-order valence-electron chi connectivity index (χ0n) is 18.0. The van der Waals surface area contributed by atoms with Crippen LogP contribution in [0, 0.1) is 46.5 Å². The molecule has 0 aliphatic heterocycles. The van der Waals surface area contributed by atoms with E-state index in [2.05, 4.69) is 0 Å². The van der Waals surface area contributed by atoms with Crippen molar-refractivity contribution in [3.05, 3.63) is 118 Å². The summed E-state index contributed by atoms with van der Waals surface area (Å²) in [6.45, 7) is -1.75. The number of rotatable bonds is 4. The lowest BCUT2D eigenvalue weighted by Gasteiger charge is -2.10. The van der Waals surface area contributed by atoms with Gasteiger partial charge in [0.15, 0.2) is 34.9 Å². The predicted octanol–water partition coefficient (Wildman–Crippen LogP) is 8.61. The molecule has 0 unspecified atom stereocenters. The molecule has 0 radical (unpaired) electrons. The van der Waals surface area contributed by atoms with Gasteiger partial charge in [-0.05, 0) is 65.1 Å². The molecule has 10 heteroatoms. The molecule has 0 heterocycles. The largest absolute Gasteiger partial charge is 0.229 e. The Balaban J connectivity index is 0.00000115. The molecular weight excluding hydrogens is 502 g/mol. The van der Waals surface area contributed by atoms with Crippen molar-refractivity contribution in [1.82, 2.24) is 0 Å². The number of benzene rings is 4. The molecular formula is C26H14F10. The fourth-order valence-electron chi connectivity index (χ4n) is 3.46. The van der Waals surface area contributed by atoms with Crippen molar-refractivity contribution in [2.24, 2.45) is 0 Å². The van der Waals surface area contributed by atoms with Crippen molar-refractivity contribution in [2.45, 2.75) is 6.42 Å². The minimum Gasteiger partial charge on any atom is -0.214 e. The summed E-state index contributed by atoms with van der Waals surface area (Å²) in [5.74, 6) is -10.8. The smallest absolute Gasteiger partial charge is 0.214 e. The summed E-state index contributed by atoms with van der Waals surface area (Å²) in [5.41, 5.74) is 0.0988. The maximum atomic E-state index is 14.6. The number of halogens is 10. The van der Waals surface area contributed by atoms with Crippen LogP contribution in [0.3, 0.4) is 0 Å². The van der Waals surface area contributed by atoms with Gasteiger partial charge in [0.1, 0.15) is 11.6 Å². The Morgan fingerprint density at radius 1 is 0.417 bits per heavy atom. The zero-order valence-corrected chi connectivity index (χ0v) is 18.0. The maximum absolute atomic E-state index is 14.6. The average Bonchev–Trinajstić information content (AvgIpc) is 2.81. The molecule has 4 aromatic carbocycles. The van der Waals surface area contributed by atoms with Crippen LogP contribution in [0.25, 0.3) is 22.3 Å². The first-order valence-corrected chi connectivity index (χ1v) is 10.0. The Labute approximate surface area is 198 Å². The first-order chi connectivity index (χ1) is 17.0. The lowest BCUT2D eigenvalue weighted by molar-refractivity contribution is 0.295. The Kier molecular flexibility index (Phi) is 8.39. The lowest BCUT2D eigenvalue weighted by Crippen LogP contribution is -1.97. The van der Waals surface area contributed by atoms with Crippen molar-refractivity contribution in [3.8, 4) is 22.3 Å². The summed E-state index contributed by atoms with van der Waals surface area (Å²) < 4.78 is 128. The molecule has 0 saturated heterocycles. The second-order valence-corrected chi connectivity index (χ2v) is 7.41. The van der Waals surface area contributed by atoms with Crippen molar-refractivity contribution in [1.29, 1.82) is 0 Å². The monoisotopic (exact) mass is 516 g/mol. The number of hydrogen-bond donors (Lipinski definition) is 0. The van der Waals surface area contributed by atoms with Crippen molar-refractivity contribution < 1.29 is 43.9 Å². The van der Waals surface area contributed by atoms with Crippen LogP contribution >= 0.6 is 0 Å². The molecule has 188 valence electrons. The van der Waals surface area contributed by atoms with Crippen LogP contribution in [0.5, 0.6) is 0 Å². The van der Waals surface area contributed by atoms with E-state index in [9.17, 15) is 43.9 Å². The molecule has 0 aliphatic rings. The molecule has 0 amide bonds. The minimum atomic E-state index is -1.75. The van der Waals surface area contributed by atoms with E-state index in [0.29, 0.717) is 35.4 Å². The van der Waals surface area contributed by atoms with Crippen molar-refractivity contribution >= 4 is 0 Å². The average molecular weight is 516 g/mol. The maximum Gasteiger partial charge on any atom is 0.229 e. The van der Waals surface area contributed by atoms with Gasteiger partial charge < -0.3 is 0 Å². The van der Waals surface area contributed by atoms with E-state index >= 15 is 0 Å². The highest BCUT2D eigenvalue weighted by atomic mass is 19.3. The molecule has 0 aromatic heterocycles. The molecule has 0 bridgehead atoms. The summed E-state index contributed by atoms with van der Waals surface area (Å²) in [4.78, 5) is 0. The number of hydrogen-bond acceptors (Lipinski definition) is 0. The van der Waals surface area contributed by atoms with Crippen LogP contribution in [0.4, 0.5) is 43.9 Å². The van der Waals surface area contributed by atoms with Crippen LogP contribution in [0.2, 0.25) is 0 Å². The van der Waals surface area contributed by atoms with Gasteiger partial charge in [-0.15, -0.1) is 0 Å². The molecule has 0 nitrogen and oxygen atoms in total. The summed E-state index contributed by atoms with van der Waals surface area (Å²) >= 11 is 0. The molecule has 0 atom stereocenters. The van der Waals surface area contributed by atoms with Gasteiger partial charge in [0, 0.05) is 11.1 Å². The van der Waals surface area contributed by atoms with Gasteiger partial charge in [0.25, 0.3) is 0 Å². The third kappa shape index (κ3) is 5.87. The van der Waals surface area contributed by atoms with E-state index in [1.54, 1.807) is 0 Å². The van der Waals surface area contributed by atoms with Crippen LogP contribution in [-0.4, -0.2) is 6.93 Å². The SMILES string of the molecule is FCF.Fc1cc(Cc2ccc(-c3cc(F)c(F)c(F)c3)c(F)c2)ccc1-c1cc(F)c(F)c(F)c1. The van der Waals surface area contributed by atoms with Gasteiger partial charge in [-0.1, -0.05) is 24.3 Å². The Morgan fingerprint density at radius 3 is 1.00 bits per heavy atom. The topological polar surface area (TPSA) is 0 Å². The van der Waals surface area contributed by atoms with E-state index in [0.717, 1.165) is 12.1 Å². The van der Waals surface area contributed by atoms with Gasteiger partial charge >= 0.3 is 0 Å². The Hall–Kier alpha value is -3.82. The fraction of sp³-hybridized carbons (Fsp3) is 0.0769. The van der Waals surface area contributed by atoms with E-state index in [4.69, 9.17) is 0 Å². The van der Waals surface area contributed by atoms with Gasteiger partial charge in [0.05, 0.1) is 0 Å². The summed E-state index contributed by atoms with van der Waals surface area (Å²) in [6, 6.07) is 10.3. The highest BCUT2D eigenvalue weighted by Gasteiger charge is 2.16. The van der Waals surface area contributed by atoms with Crippen molar-refractivity contribution in [3.63, 3.8) is 0 Å². The number of alkyl halides is 2. The molecule has 0 fully saturated rings. The molecule has 0 aliphatic carbocycles. The Bertz CT molecular complexity index is 1250. The quantitative estimate of drug-likeness (QED) is 0.188. The highest BCUT2D eigenvalue weighted by Crippen LogP contribution is 2.29. The summed E-state index contributed by atoms with van der Waals surface area (Å²) in [6.07, 6.45) is 0.0622. The first kappa shape index (κ1) is 26.8. The molecule has 0 N–H and O–H groups in total. The minimum absolute atomic E-state index is 0.0622. The molecule has 4 rings (SSSR count). The van der Waals surface area contributed by atoms with Gasteiger partial charge in [-0.3, -0.25) is 0 Å². The van der Waals surface area contributed by atoms with Gasteiger partial charge in [-0.25, -0.2) is 43.9 Å². The highest BCUT2D eigenvalue weighted by molar-refractivity contribution is 5.66. The molecule has 0 spiro atoms. The third-order valence-corrected chi connectivity index (χ3v) is 5.06. The zero-order chi connectivity index (χ0) is 26.6.